The lowest BCUT2D eigenvalue weighted by atomic mass is 9.91. The number of piperidine rings is 1. The van der Waals surface area contributed by atoms with E-state index >= 15 is 0 Å². The van der Waals surface area contributed by atoms with E-state index in [1.807, 2.05) is 0 Å². The van der Waals surface area contributed by atoms with Crippen molar-refractivity contribution < 1.29 is 33.0 Å². The molecule has 0 spiro atoms. The highest BCUT2D eigenvalue weighted by Gasteiger charge is 2.50. The van der Waals surface area contributed by atoms with E-state index in [0.717, 1.165) is 67.9 Å². The number of pyridine rings is 1. The second kappa shape index (κ2) is 13.4. The van der Waals surface area contributed by atoms with Gasteiger partial charge in [0.05, 0.1) is 6.54 Å². The maximum absolute atomic E-state index is 14.8. The molecule has 3 heterocycles. The number of carboxylic acids is 1. The molecule has 0 bridgehead atoms. The van der Waals surface area contributed by atoms with E-state index in [9.17, 15) is 28.3 Å². The summed E-state index contributed by atoms with van der Waals surface area (Å²) in [5.41, 5.74) is 1.50. The Kier molecular flexibility index (Phi) is 10.5. The number of rotatable bonds is 11. The number of alkyl halides is 2. The number of hydrogen-bond donors (Lipinski definition) is 3. The first-order valence-electron chi connectivity index (χ1n) is 14.0. The number of amides is 2. The zero-order chi connectivity index (χ0) is 28.6. The fourth-order valence-corrected chi connectivity index (χ4v) is 4.97. The van der Waals surface area contributed by atoms with Crippen LogP contribution < -0.4 is 10.6 Å². The van der Waals surface area contributed by atoms with E-state index in [2.05, 4.69) is 22.8 Å². The molecule has 1 saturated heterocycles. The second-order valence-corrected chi connectivity index (χ2v) is 11.6. The molecule has 2 aliphatic heterocycles. The summed E-state index contributed by atoms with van der Waals surface area (Å²) in [6.07, 6.45) is 6.29. The van der Waals surface area contributed by atoms with Crippen LogP contribution >= 0.6 is 0 Å². The van der Waals surface area contributed by atoms with Crippen molar-refractivity contribution in [3.8, 4) is 0 Å². The predicted molar refractivity (Wildman–Crippen MR) is 143 cm³/mol. The number of hydrogen-bond acceptors (Lipinski definition) is 6. The Balaban J connectivity index is 1.37. The van der Waals surface area contributed by atoms with Gasteiger partial charge >= 0.3 is 12.1 Å². The largest absolute Gasteiger partial charge is 0.480 e. The van der Waals surface area contributed by atoms with Gasteiger partial charge in [-0.3, -0.25) is 4.79 Å². The number of carboxylic acid groups (broad SMARTS) is 1. The fourth-order valence-electron chi connectivity index (χ4n) is 4.97. The SMILES string of the molecule is CC(C)(C)OC(=O)N1CCC(C(=O)NC(CCCCCCCc2ccc3c(n2)NCCC3)C(=O)O)C(F)(F)C1. The van der Waals surface area contributed by atoms with Crippen molar-refractivity contribution in [2.24, 2.45) is 5.92 Å². The number of aromatic nitrogens is 1. The number of unbranched alkanes of at least 4 members (excludes halogenated alkanes) is 4. The van der Waals surface area contributed by atoms with Gasteiger partial charge in [-0.25, -0.2) is 23.4 Å². The normalized spacial score (nSPS) is 19.4. The van der Waals surface area contributed by atoms with Crippen molar-refractivity contribution in [1.82, 2.24) is 15.2 Å². The third-order valence-electron chi connectivity index (χ3n) is 7.06. The van der Waals surface area contributed by atoms with Crippen molar-refractivity contribution in [2.45, 2.75) is 103 Å². The standard InChI is InChI=1S/C28H42F2N4O5/c1-27(2,3)39-26(38)34-17-15-21(28(29,30)18-34)24(35)33-22(25(36)37)12-8-6-4-5-7-11-20-14-13-19-10-9-16-31-23(19)32-20/h13-14,21-22H,4-12,15-18H2,1-3H3,(H,31,32)(H,33,35)(H,36,37). The molecular weight excluding hydrogens is 510 g/mol. The number of nitrogens with zero attached hydrogens (tertiary/aromatic N) is 2. The van der Waals surface area contributed by atoms with Gasteiger partial charge in [0.2, 0.25) is 5.91 Å². The van der Waals surface area contributed by atoms with E-state index in [1.165, 1.54) is 5.56 Å². The number of carbonyl (C=O) groups is 3. The number of nitrogens with one attached hydrogen (secondary N) is 2. The summed E-state index contributed by atoms with van der Waals surface area (Å²) in [5.74, 6) is -6.45. The molecule has 0 radical (unpaired) electrons. The van der Waals surface area contributed by atoms with Gasteiger partial charge in [0.15, 0.2) is 0 Å². The van der Waals surface area contributed by atoms with Crippen LogP contribution in [0.25, 0.3) is 0 Å². The Morgan fingerprint density at radius 3 is 2.62 bits per heavy atom. The zero-order valence-electron chi connectivity index (χ0n) is 23.2. The third kappa shape index (κ3) is 9.32. The molecule has 1 aromatic rings. The highest BCUT2D eigenvalue weighted by atomic mass is 19.3. The van der Waals surface area contributed by atoms with Crippen molar-refractivity contribution in [3.05, 3.63) is 23.4 Å². The Labute approximate surface area is 229 Å². The maximum atomic E-state index is 14.8. The minimum Gasteiger partial charge on any atom is -0.480 e. The first-order valence-corrected chi connectivity index (χ1v) is 14.0. The average molecular weight is 553 g/mol. The van der Waals surface area contributed by atoms with Crippen molar-refractivity contribution in [2.75, 3.05) is 25.0 Å². The lowest BCUT2D eigenvalue weighted by Crippen LogP contribution is -2.57. The van der Waals surface area contributed by atoms with Crippen LogP contribution in [0.1, 0.15) is 83.4 Å². The minimum atomic E-state index is -3.49. The summed E-state index contributed by atoms with van der Waals surface area (Å²) < 4.78 is 34.7. The molecule has 9 nitrogen and oxygen atoms in total. The van der Waals surface area contributed by atoms with Crippen LogP contribution in [0.4, 0.5) is 19.4 Å². The van der Waals surface area contributed by atoms with Gasteiger partial charge in [0.25, 0.3) is 5.92 Å². The van der Waals surface area contributed by atoms with Crippen LogP contribution in [-0.4, -0.2) is 70.2 Å². The maximum Gasteiger partial charge on any atom is 0.410 e. The first-order chi connectivity index (χ1) is 18.4. The van der Waals surface area contributed by atoms with E-state index in [0.29, 0.717) is 6.42 Å². The molecule has 3 N–H and O–H groups in total. The summed E-state index contributed by atoms with van der Waals surface area (Å²) in [4.78, 5) is 42.1. The quantitative estimate of drug-likeness (QED) is 0.338. The van der Waals surface area contributed by atoms with Crippen LogP contribution in [-0.2, 0) is 27.2 Å². The zero-order valence-corrected chi connectivity index (χ0v) is 23.2. The molecule has 3 rings (SSSR count). The summed E-state index contributed by atoms with van der Waals surface area (Å²) in [6.45, 7) is 4.85. The molecule has 218 valence electrons. The van der Waals surface area contributed by atoms with E-state index in [4.69, 9.17) is 9.72 Å². The number of anilines is 1. The molecule has 2 amide bonds. The molecular formula is C28H42F2N4O5. The second-order valence-electron chi connectivity index (χ2n) is 11.6. The van der Waals surface area contributed by atoms with E-state index < -0.39 is 48.0 Å². The molecule has 0 aromatic carbocycles. The number of likely N-dealkylation sites (tertiary alicyclic amines) is 1. The monoisotopic (exact) mass is 552 g/mol. The Morgan fingerprint density at radius 2 is 1.92 bits per heavy atom. The van der Waals surface area contributed by atoms with Gasteiger partial charge in [-0.2, -0.15) is 0 Å². The van der Waals surface area contributed by atoms with Gasteiger partial charge in [0, 0.05) is 18.8 Å². The predicted octanol–water partition coefficient (Wildman–Crippen LogP) is 4.78. The Morgan fingerprint density at radius 1 is 1.21 bits per heavy atom. The number of carbonyl (C=O) groups excluding carboxylic acids is 2. The minimum absolute atomic E-state index is 0.0716. The van der Waals surface area contributed by atoms with Crippen LogP contribution in [0.15, 0.2) is 12.1 Å². The Hall–Kier alpha value is -2.98. The lowest BCUT2D eigenvalue weighted by Gasteiger charge is -2.38. The third-order valence-corrected chi connectivity index (χ3v) is 7.06. The van der Waals surface area contributed by atoms with Crippen molar-refractivity contribution in [1.29, 1.82) is 0 Å². The van der Waals surface area contributed by atoms with Gasteiger partial charge in [-0.15, -0.1) is 0 Å². The first kappa shape index (κ1) is 30.6. The van der Waals surface area contributed by atoms with Gasteiger partial charge in [-0.1, -0.05) is 31.7 Å². The molecule has 39 heavy (non-hydrogen) atoms. The number of aliphatic carboxylic acids is 1. The van der Waals surface area contributed by atoms with E-state index in [-0.39, 0.29) is 19.4 Å². The molecule has 11 heteroatoms. The lowest BCUT2D eigenvalue weighted by molar-refractivity contribution is -0.154. The average Bonchev–Trinajstić information content (AvgIpc) is 2.85. The number of aryl methyl sites for hydroxylation is 2. The molecule has 0 aliphatic carbocycles. The van der Waals surface area contributed by atoms with Crippen LogP contribution in [0.2, 0.25) is 0 Å². The summed E-state index contributed by atoms with van der Waals surface area (Å²) in [6, 6.07) is 2.99. The number of fused-ring (bicyclic) bond motifs is 1. The van der Waals surface area contributed by atoms with Crippen LogP contribution in [0, 0.1) is 5.92 Å². The van der Waals surface area contributed by atoms with Crippen LogP contribution in [0.3, 0.4) is 0 Å². The van der Waals surface area contributed by atoms with Gasteiger partial charge in [0.1, 0.15) is 23.4 Å². The molecule has 1 fully saturated rings. The number of ether oxygens (including phenoxy) is 1. The topological polar surface area (TPSA) is 121 Å². The molecule has 1 aromatic heterocycles. The smallest absolute Gasteiger partial charge is 0.410 e. The molecule has 2 aliphatic rings. The molecule has 2 atom stereocenters. The van der Waals surface area contributed by atoms with Gasteiger partial charge < -0.3 is 25.4 Å². The summed E-state index contributed by atoms with van der Waals surface area (Å²) in [7, 11) is 0. The highest BCUT2D eigenvalue weighted by Crippen LogP contribution is 2.34. The van der Waals surface area contributed by atoms with Crippen LogP contribution in [0.5, 0.6) is 0 Å². The molecule has 0 saturated carbocycles. The fraction of sp³-hybridized carbons (Fsp3) is 0.714. The number of halogens is 2. The molecule has 2 unspecified atom stereocenters. The van der Waals surface area contributed by atoms with Crippen molar-refractivity contribution in [3.63, 3.8) is 0 Å². The Bertz CT molecular complexity index is 1010. The summed E-state index contributed by atoms with van der Waals surface area (Å²) in [5, 5.41) is 15.2. The van der Waals surface area contributed by atoms with Gasteiger partial charge in [-0.05, 0) is 70.9 Å². The highest BCUT2D eigenvalue weighted by molar-refractivity contribution is 5.86. The van der Waals surface area contributed by atoms with Crippen molar-refractivity contribution >= 4 is 23.8 Å². The summed E-state index contributed by atoms with van der Waals surface area (Å²) >= 11 is 0. The van der Waals surface area contributed by atoms with E-state index in [1.54, 1.807) is 20.8 Å².